The van der Waals surface area contributed by atoms with Gasteiger partial charge in [-0.1, -0.05) is 39.0 Å². The molecule has 26 heavy (non-hydrogen) atoms. The van der Waals surface area contributed by atoms with Gasteiger partial charge in [-0.05, 0) is 48.9 Å². The molecule has 2 aromatic rings. The highest BCUT2D eigenvalue weighted by Gasteiger charge is 2.14. The normalized spacial score (nSPS) is 11.7. The third kappa shape index (κ3) is 5.08. The molecule has 1 aromatic heterocycles. The van der Waals surface area contributed by atoms with E-state index >= 15 is 0 Å². The maximum Gasteiger partial charge on any atom is 0.279 e. The quantitative estimate of drug-likeness (QED) is 0.721. The molecule has 0 aliphatic heterocycles. The van der Waals surface area contributed by atoms with Crippen LogP contribution in [0.15, 0.2) is 30.3 Å². The number of carbonyl (C=O) groups is 2. The van der Waals surface area contributed by atoms with Crippen LogP contribution in [0.25, 0.3) is 0 Å². The summed E-state index contributed by atoms with van der Waals surface area (Å²) in [6, 6.07) is 9.54. The van der Waals surface area contributed by atoms with Crippen LogP contribution in [-0.2, 0) is 11.2 Å². The molecule has 0 spiro atoms. The van der Waals surface area contributed by atoms with Gasteiger partial charge in [-0.15, -0.1) is 11.3 Å². The smallest absolute Gasteiger partial charge is 0.279 e. The predicted molar refractivity (Wildman–Crippen MR) is 105 cm³/mol. The monoisotopic (exact) mass is 374 g/mol. The molecular weight excluding hydrogens is 348 g/mol. The molecule has 1 atom stereocenters. The minimum Gasteiger partial charge on any atom is -0.483 e. The lowest BCUT2D eigenvalue weighted by Crippen LogP contribution is -2.43. The van der Waals surface area contributed by atoms with Crippen LogP contribution in [0.3, 0.4) is 0 Å². The zero-order chi connectivity index (χ0) is 19.1. The number of thiophene rings is 1. The Balaban J connectivity index is 1.87. The molecule has 0 fully saturated rings. The standard InChI is InChI=1S/C20H26N2O3S/c1-5-13(3)15-9-7-8-10-16(15)25-12-19(23)21-22-20(24)18-11-14(4)17(6-2)26-18/h7-11,13H,5-6,12H2,1-4H3,(H,21,23)(H,22,24). The molecule has 2 rings (SSSR count). The molecule has 0 saturated carbocycles. The third-order valence-corrected chi connectivity index (χ3v) is 5.68. The molecule has 5 nitrogen and oxygen atoms in total. The van der Waals surface area contributed by atoms with Gasteiger partial charge in [-0.3, -0.25) is 20.4 Å². The summed E-state index contributed by atoms with van der Waals surface area (Å²) in [6.45, 7) is 8.11. The van der Waals surface area contributed by atoms with Crippen LogP contribution >= 0.6 is 11.3 Å². The predicted octanol–water partition coefficient (Wildman–Crippen LogP) is 3.97. The van der Waals surface area contributed by atoms with Crippen molar-refractivity contribution in [3.8, 4) is 5.75 Å². The molecule has 2 amide bonds. The van der Waals surface area contributed by atoms with Crippen LogP contribution in [0.1, 0.15) is 58.8 Å². The SMILES string of the molecule is CCc1sc(C(=O)NNC(=O)COc2ccccc2C(C)CC)cc1C. The van der Waals surface area contributed by atoms with E-state index in [4.69, 9.17) is 4.74 Å². The van der Waals surface area contributed by atoms with Crippen molar-refractivity contribution in [2.45, 2.75) is 46.5 Å². The number of benzene rings is 1. The zero-order valence-electron chi connectivity index (χ0n) is 15.7. The Bertz CT molecular complexity index is 770. The van der Waals surface area contributed by atoms with E-state index in [-0.39, 0.29) is 12.5 Å². The number of nitrogens with one attached hydrogen (secondary N) is 2. The molecule has 1 aromatic carbocycles. The number of para-hydroxylation sites is 1. The Morgan fingerprint density at radius 1 is 1.19 bits per heavy atom. The maximum atomic E-state index is 12.1. The van der Waals surface area contributed by atoms with Crippen molar-refractivity contribution in [3.05, 3.63) is 51.2 Å². The highest BCUT2D eigenvalue weighted by molar-refractivity contribution is 7.14. The topological polar surface area (TPSA) is 67.4 Å². The van der Waals surface area contributed by atoms with Crippen LogP contribution in [-0.4, -0.2) is 18.4 Å². The molecule has 0 aliphatic carbocycles. The molecule has 0 radical (unpaired) electrons. The Morgan fingerprint density at radius 3 is 2.58 bits per heavy atom. The summed E-state index contributed by atoms with van der Waals surface area (Å²) in [6.07, 6.45) is 1.88. The first-order chi connectivity index (χ1) is 12.5. The average Bonchev–Trinajstić information content (AvgIpc) is 3.04. The molecule has 2 N–H and O–H groups in total. The van der Waals surface area contributed by atoms with Crippen LogP contribution in [0, 0.1) is 6.92 Å². The van der Waals surface area contributed by atoms with Crippen molar-refractivity contribution in [3.63, 3.8) is 0 Å². The second kappa shape index (κ2) is 9.38. The fourth-order valence-corrected chi connectivity index (χ4v) is 3.60. The van der Waals surface area contributed by atoms with Gasteiger partial charge in [-0.25, -0.2) is 0 Å². The number of amides is 2. The Hall–Kier alpha value is -2.34. The highest BCUT2D eigenvalue weighted by Crippen LogP contribution is 2.28. The van der Waals surface area contributed by atoms with Crippen LogP contribution in [0.2, 0.25) is 0 Å². The third-order valence-electron chi connectivity index (χ3n) is 4.30. The number of hydrazine groups is 1. The van der Waals surface area contributed by atoms with Gasteiger partial charge in [0, 0.05) is 4.88 Å². The highest BCUT2D eigenvalue weighted by atomic mass is 32.1. The molecule has 0 saturated heterocycles. The van der Waals surface area contributed by atoms with Crippen LogP contribution < -0.4 is 15.6 Å². The lowest BCUT2D eigenvalue weighted by molar-refractivity contribution is -0.123. The van der Waals surface area contributed by atoms with Gasteiger partial charge in [0.25, 0.3) is 11.8 Å². The second-order valence-electron chi connectivity index (χ2n) is 6.21. The molecule has 1 heterocycles. The summed E-state index contributed by atoms with van der Waals surface area (Å²) < 4.78 is 5.64. The van der Waals surface area contributed by atoms with Crippen molar-refractivity contribution in [1.29, 1.82) is 0 Å². The molecule has 140 valence electrons. The Labute approximate surface area is 158 Å². The van der Waals surface area contributed by atoms with E-state index in [1.165, 1.54) is 16.2 Å². The number of aryl methyl sites for hydroxylation is 2. The summed E-state index contributed by atoms with van der Waals surface area (Å²) in [5.41, 5.74) is 7.02. The van der Waals surface area contributed by atoms with Gasteiger partial charge in [-0.2, -0.15) is 0 Å². The number of hydrogen-bond acceptors (Lipinski definition) is 4. The van der Waals surface area contributed by atoms with Crippen molar-refractivity contribution >= 4 is 23.2 Å². The van der Waals surface area contributed by atoms with Crippen molar-refractivity contribution in [2.24, 2.45) is 0 Å². The van der Waals surface area contributed by atoms with E-state index in [1.807, 2.05) is 37.3 Å². The fourth-order valence-electron chi connectivity index (χ4n) is 2.59. The Morgan fingerprint density at radius 2 is 1.92 bits per heavy atom. The van der Waals surface area contributed by atoms with E-state index < -0.39 is 5.91 Å². The maximum absolute atomic E-state index is 12.1. The summed E-state index contributed by atoms with van der Waals surface area (Å²) in [4.78, 5) is 25.9. The van der Waals surface area contributed by atoms with Crippen molar-refractivity contribution < 1.29 is 14.3 Å². The first kappa shape index (κ1) is 20.0. The first-order valence-electron chi connectivity index (χ1n) is 8.86. The molecule has 0 bridgehead atoms. The minimum atomic E-state index is -0.402. The number of carbonyl (C=O) groups excluding carboxylic acids is 2. The molecule has 1 unspecified atom stereocenters. The van der Waals surface area contributed by atoms with E-state index in [0.717, 1.165) is 24.0 Å². The molecule has 0 aliphatic rings. The van der Waals surface area contributed by atoms with Crippen LogP contribution in [0.5, 0.6) is 5.75 Å². The molecule has 6 heteroatoms. The van der Waals surface area contributed by atoms with Gasteiger partial charge >= 0.3 is 0 Å². The lowest BCUT2D eigenvalue weighted by Gasteiger charge is -2.15. The van der Waals surface area contributed by atoms with Crippen molar-refractivity contribution in [1.82, 2.24) is 10.9 Å². The first-order valence-corrected chi connectivity index (χ1v) is 9.68. The zero-order valence-corrected chi connectivity index (χ0v) is 16.5. The van der Waals surface area contributed by atoms with E-state index in [9.17, 15) is 9.59 Å². The summed E-state index contributed by atoms with van der Waals surface area (Å²) in [5, 5.41) is 0. The largest absolute Gasteiger partial charge is 0.483 e. The van der Waals surface area contributed by atoms with Gasteiger partial charge in [0.1, 0.15) is 5.75 Å². The summed E-state index contributed by atoms with van der Waals surface area (Å²) >= 11 is 1.44. The number of hydrogen-bond donors (Lipinski definition) is 2. The summed E-state index contributed by atoms with van der Waals surface area (Å²) in [7, 11) is 0. The van der Waals surface area contributed by atoms with Gasteiger partial charge in [0.15, 0.2) is 6.61 Å². The van der Waals surface area contributed by atoms with Crippen LogP contribution in [0.4, 0.5) is 0 Å². The molecular formula is C20H26N2O3S. The van der Waals surface area contributed by atoms with E-state index in [1.54, 1.807) is 0 Å². The van der Waals surface area contributed by atoms with Gasteiger partial charge in [0.05, 0.1) is 4.88 Å². The summed E-state index contributed by atoms with van der Waals surface area (Å²) in [5.74, 6) is 0.334. The Kier molecular flexibility index (Phi) is 7.21. The second-order valence-corrected chi connectivity index (χ2v) is 7.35. The van der Waals surface area contributed by atoms with Crippen molar-refractivity contribution in [2.75, 3.05) is 6.61 Å². The van der Waals surface area contributed by atoms with E-state index in [0.29, 0.717) is 16.5 Å². The minimum absolute atomic E-state index is 0.155. The average molecular weight is 375 g/mol. The number of rotatable bonds is 7. The van der Waals surface area contributed by atoms with Gasteiger partial charge in [0.2, 0.25) is 0 Å². The lowest BCUT2D eigenvalue weighted by atomic mass is 9.98. The fraction of sp³-hybridized carbons (Fsp3) is 0.400. The van der Waals surface area contributed by atoms with Gasteiger partial charge < -0.3 is 4.74 Å². The van der Waals surface area contributed by atoms with E-state index in [2.05, 4.69) is 31.6 Å². The number of ether oxygens (including phenoxy) is 1.